The summed E-state index contributed by atoms with van der Waals surface area (Å²) in [4.78, 5) is 11.1. The summed E-state index contributed by atoms with van der Waals surface area (Å²) in [6, 6.07) is 4.86. The van der Waals surface area contributed by atoms with E-state index in [1.165, 1.54) is 19.3 Å². The van der Waals surface area contributed by atoms with Crippen molar-refractivity contribution in [2.24, 2.45) is 0 Å². The molecule has 2 aromatic rings. The molecule has 106 valence electrons. The first-order chi connectivity index (χ1) is 9.38. The van der Waals surface area contributed by atoms with Gasteiger partial charge in [0.1, 0.15) is 4.90 Å². The highest BCUT2D eigenvalue weighted by atomic mass is 32.2. The molecule has 7 nitrogen and oxygen atoms in total. The summed E-state index contributed by atoms with van der Waals surface area (Å²) in [5.74, 6) is -0.181. The predicted molar refractivity (Wildman–Crippen MR) is 74.9 cm³/mol. The first kappa shape index (κ1) is 14.1. The summed E-state index contributed by atoms with van der Waals surface area (Å²) in [6.45, 7) is 3.19. The van der Waals surface area contributed by atoms with Crippen LogP contribution in [0.5, 0.6) is 0 Å². The van der Waals surface area contributed by atoms with Gasteiger partial charge in [-0.25, -0.2) is 8.42 Å². The maximum absolute atomic E-state index is 12.0. The van der Waals surface area contributed by atoms with E-state index in [0.29, 0.717) is 11.4 Å². The summed E-state index contributed by atoms with van der Waals surface area (Å²) in [5.41, 5.74) is 1.81. The minimum absolute atomic E-state index is 0.0566. The molecule has 0 radical (unpaired) electrons. The highest BCUT2D eigenvalue weighted by Gasteiger charge is 2.15. The molecule has 0 unspecified atom stereocenters. The fourth-order valence-electron chi connectivity index (χ4n) is 1.66. The molecule has 0 aliphatic rings. The molecule has 8 heteroatoms. The second-order valence-corrected chi connectivity index (χ2v) is 5.93. The van der Waals surface area contributed by atoms with Crippen molar-refractivity contribution >= 4 is 27.3 Å². The monoisotopic (exact) mass is 294 g/mol. The van der Waals surface area contributed by atoms with E-state index in [1.54, 1.807) is 25.1 Å². The number of nitrogens with zero attached hydrogens (tertiary/aromatic N) is 1. The molecule has 1 amide bonds. The Labute approximate surface area is 116 Å². The molecule has 0 saturated heterocycles. The van der Waals surface area contributed by atoms with Crippen LogP contribution in [-0.4, -0.2) is 24.5 Å². The largest absolute Gasteiger partial charge is 0.326 e. The Hall–Kier alpha value is -2.35. The van der Waals surface area contributed by atoms with Gasteiger partial charge in [0.2, 0.25) is 5.91 Å². The van der Waals surface area contributed by atoms with E-state index in [4.69, 9.17) is 0 Å². The van der Waals surface area contributed by atoms with Crippen molar-refractivity contribution < 1.29 is 13.2 Å². The molecule has 0 atom stereocenters. The smallest absolute Gasteiger partial charge is 0.265 e. The highest BCUT2D eigenvalue weighted by Crippen LogP contribution is 2.21. The number of aromatic amines is 1. The lowest BCUT2D eigenvalue weighted by molar-refractivity contribution is -0.114. The molecule has 0 spiro atoms. The number of H-pyrrole nitrogens is 1. The van der Waals surface area contributed by atoms with Gasteiger partial charge >= 0.3 is 0 Å². The maximum Gasteiger partial charge on any atom is 0.265 e. The van der Waals surface area contributed by atoms with Crippen LogP contribution in [0.15, 0.2) is 35.5 Å². The molecule has 3 N–H and O–H groups in total. The molecular formula is C12H14N4O3S. The van der Waals surface area contributed by atoms with E-state index in [0.717, 1.165) is 5.56 Å². The van der Waals surface area contributed by atoms with E-state index in [9.17, 15) is 13.2 Å². The van der Waals surface area contributed by atoms with Gasteiger partial charge in [0.15, 0.2) is 0 Å². The van der Waals surface area contributed by atoms with Crippen LogP contribution in [0.25, 0.3) is 0 Å². The van der Waals surface area contributed by atoms with Gasteiger partial charge in [-0.3, -0.25) is 14.6 Å². The highest BCUT2D eigenvalue weighted by molar-refractivity contribution is 7.92. The van der Waals surface area contributed by atoms with E-state index in [1.807, 2.05) is 0 Å². The average molecular weight is 294 g/mol. The number of rotatable bonds is 4. The summed E-state index contributed by atoms with van der Waals surface area (Å²) < 4.78 is 26.4. The normalized spacial score (nSPS) is 11.1. The Balaban J connectivity index is 2.23. The summed E-state index contributed by atoms with van der Waals surface area (Å²) in [6.07, 6.45) is 2.52. The SMILES string of the molecule is CC(=O)Nc1ccc(NS(=O)(=O)c2cn[nH]c2)cc1C. The van der Waals surface area contributed by atoms with E-state index in [-0.39, 0.29) is 10.8 Å². The van der Waals surface area contributed by atoms with Crippen LogP contribution in [-0.2, 0) is 14.8 Å². The van der Waals surface area contributed by atoms with Crippen molar-refractivity contribution in [2.45, 2.75) is 18.7 Å². The first-order valence-electron chi connectivity index (χ1n) is 5.78. The molecule has 0 saturated carbocycles. The number of benzene rings is 1. The quantitative estimate of drug-likeness (QED) is 0.794. The van der Waals surface area contributed by atoms with Crippen LogP contribution >= 0.6 is 0 Å². The summed E-state index contributed by atoms with van der Waals surface area (Å²) >= 11 is 0. The van der Waals surface area contributed by atoms with Gasteiger partial charge in [0.25, 0.3) is 10.0 Å². The van der Waals surface area contributed by atoms with Gasteiger partial charge in [0.05, 0.1) is 6.20 Å². The van der Waals surface area contributed by atoms with Gasteiger partial charge < -0.3 is 5.32 Å². The minimum Gasteiger partial charge on any atom is -0.326 e. The number of aryl methyl sites for hydroxylation is 1. The zero-order chi connectivity index (χ0) is 14.8. The number of carbonyl (C=O) groups excluding carboxylic acids is 1. The zero-order valence-electron chi connectivity index (χ0n) is 11.0. The van der Waals surface area contributed by atoms with E-state index >= 15 is 0 Å². The van der Waals surface area contributed by atoms with Crippen molar-refractivity contribution in [1.82, 2.24) is 10.2 Å². The van der Waals surface area contributed by atoms with Crippen molar-refractivity contribution in [1.29, 1.82) is 0 Å². The van der Waals surface area contributed by atoms with E-state index < -0.39 is 10.0 Å². The first-order valence-corrected chi connectivity index (χ1v) is 7.26. The van der Waals surface area contributed by atoms with Crippen molar-refractivity contribution in [3.8, 4) is 0 Å². The lowest BCUT2D eigenvalue weighted by atomic mass is 10.2. The van der Waals surface area contributed by atoms with Crippen LogP contribution in [0.4, 0.5) is 11.4 Å². The summed E-state index contributed by atoms with van der Waals surface area (Å²) in [7, 11) is -3.65. The van der Waals surface area contributed by atoms with Crippen molar-refractivity contribution in [3.63, 3.8) is 0 Å². The third kappa shape index (κ3) is 3.15. The molecule has 2 rings (SSSR count). The molecule has 0 fully saturated rings. The predicted octanol–water partition coefficient (Wildman–Crippen LogP) is 1.48. The van der Waals surface area contributed by atoms with Gasteiger partial charge in [-0.2, -0.15) is 5.10 Å². The fourth-order valence-corrected chi connectivity index (χ4v) is 2.61. The third-order valence-electron chi connectivity index (χ3n) is 2.57. The lowest BCUT2D eigenvalue weighted by Crippen LogP contribution is -2.13. The van der Waals surface area contributed by atoms with Crippen LogP contribution < -0.4 is 10.0 Å². The van der Waals surface area contributed by atoms with Crippen LogP contribution in [0.3, 0.4) is 0 Å². The van der Waals surface area contributed by atoms with Crippen LogP contribution in [0.1, 0.15) is 12.5 Å². The molecule has 20 heavy (non-hydrogen) atoms. The number of anilines is 2. The number of amides is 1. The number of sulfonamides is 1. The summed E-state index contributed by atoms with van der Waals surface area (Å²) in [5, 5.41) is 8.71. The minimum atomic E-state index is -3.65. The van der Waals surface area contributed by atoms with Crippen LogP contribution in [0, 0.1) is 6.92 Å². The Morgan fingerprint density at radius 1 is 1.35 bits per heavy atom. The van der Waals surface area contributed by atoms with Gasteiger partial charge in [-0.05, 0) is 30.7 Å². The maximum atomic E-state index is 12.0. The Kier molecular flexibility index (Phi) is 3.75. The lowest BCUT2D eigenvalue weighted by Gasteiger charge is -2.10. The molecule has 1 aromatic carbocycles. The molecule has 0 aliphatic carbocycles. The molecule has 0 aliphatic heterocycles. The third-order valence-corrected chi connectivity index (χ3v) is 3.92. The number of carbonyl (C=O) groups is 1. The molecule has 0 bridgehead atoms. The van der Waals surface area contributed by atoms with E-state index in [2.05, 4.69) is 20.2 Å². The standard InChI is InChI=1S/C12H14N4O3S/c1-8-5-10(3-4-12(8)15-9(2)17)16-20(18,19)11-6-13-14-7-11/h3-7,16H,1-2H3,(H,13,14)(H,15,17). The number of hydrogen-bond donors (Lipinski definition) is 3. The Morgan fingerprint density at radius 2 is 2.10 bits per heavy atom. The number of aromatic nitrogens is 2. The van der Waals surface area contributed by atoms with Crippen LogP contribution in [0.2, 0.25) is 0 Å². The molecule has 1 aromatic heterocycles. The second kappa shape index (κ2) is 5.33. The average Bonchev–Trinajstić information content (AvgIpc) is 2.86. The molecular weight excluding hydrogens is 280 g/mol. The molecule has 1 heterocycles. The fraction of sp³-hybridized carbons (Fsp3) is 0.167. The number of nitrogens with one attached hydrogen (secondary N) is 3. The van der Waals surface area contributed by atoms with Gasteiger partial charge in [-0.1, -0.05) is 0 Å². The van der Waals surface area contributed by atoms with Crippen molar-refractivity contribution in [2.75, 3.05) is 10.0 Å². The second-order valence-electron chi connectivity index (χ2n) is 4.25. The van der Waals surface area contributed by atoms with Gasteiger partial charge in [-0.15, -0.1) is 0 Å². The zero-order valence-corrected chi connectivity index (χ0v) is 11.8. The Morgan fingerprint density at radius 3 is 2.65 bits per heavy atom. The van der Waals surface area contributed by atoms with Crippen molar-refractivity contribution in [3.05, 3.63) is 36.2 Å². The topological polar surface area (TPSA) is 104 Å². The number of hydrogen-bond acceptors (Lipinski definition) is 4. The Bertz CT molecular complexity index is 723. The van der Waals surface area contributed by atoms with Gasteiger partial charge in [0, 0.05) is 24.5 Å².